The first kappa shape index (κ1) is 15.8. The molecule has 0 amide bonds. The van der Waals surface area contributed by atoms with Gasteiger partial charge in [-0.05, 0) is 48.6 Å². The Balaban J connectivity index is 1.95. The molecule has 2 aromatic rings. The molecule has 0 aliphatic carbocycles. The van der Waals surface area contributed by atoms with Crippen molar-refractivity contribution in [2.45, 2.75) is 0 Å². The molecule has 0 aliphatic heterocycles. The van der Waals surface area contributed by atoms with Crippen LogP contribution in [0.2, 0.25) is 0 Å². The monoisotopic (exact) mass is 315 g/mol. The third-order valence-corrected chi connectivity index (χ3v) is 3.00. The lowest BCUT2D eigenvalue weighted by Crippen LogP contribution is -2.31. The van der Waals surface area contributed by atoms with E-state index in [0.717, 1.165) is 17.1 Å². The number of methoxy groups -OCH3 is 1. The van der Waals surface area contributed by atoms with Gasteiger partial charge in [0.25, 0.3) is 0 Å². The molecule has 1 aromatic carbocycles. The van der Waals surface area contributed by atoms with E-state index in [1.165, 1.54) is 0 Å². The summed E-state index contributed by atoms with van der Waals surface area (Å²) in [6.07, 6.45) is 3.28. The molecule has 1 aromatic heterocycles. The number of nitrogens with zero attached hydrogens (tertiary/aromatic N) is 1. The van der Waals surface area contributed by atoms with Crippen molar-refractivity contribution in [2.75, 3.05) is 13.7 Å². The number of thiocarbonyl (C=S) groups is 1. The molecule has 2 rings (SSSR count). The third kappa shape index (κ3) is 4.46. The van der Waals surface area contributed by atoms with E-state index in [4.69, 9.17) is 21.4 Å². The van der Waals surface area contributed by atoms with E-state index in [-0.39, 0.29) is 0 Å². The smallest absolute Gasteiger partial charge is 0.187 e. The van der Waals surface area contributed by atoms with Gasteiger partial charge in [0.1, 0.15) is 17.3 Å². The maximum Gasteiger partial charge on any atom is 0.187 e. The first-order chi connectivity index (χ1) is 10.7. The largest absolute Gasteiger partial charge is 0.497 e. The van der Waals surface area contributed by atoms with Gasteiger partial charge in [-0.15, -0.1) is 6.58 Å². The number of benzene rings is 1. The second-order valence-corrected chi connectivity index (χ2v) is 4.71. The molecule has 0 aliphatic rings. The fourth-order valence-corrected chi connectivity index (χ4v) is 1.83. The fourth-order valence-electron chi connectivity index (χ4n) is 1.69. The van der Waals surface area contributed by atoms with E-state index in [1.54, 1.807) is 19.4 Å². The van der Waals surface area contributed by atoms with Crippen molar-refractivity contribution < 1.29 is 9.15 Å². The summed E-state index contributed by atoms with van der Waals surface area (Å²) in [4.78, 5) is 0. The standard InChI is InChI=1S/C16H17N3O2S/c1-3-10-17-16(22)19-18-11-14-8-9-15(21-14)12-4-6-13(20-2)7-5-12/h3-9,11H,1,10H2,2H3,(H2,17,19,22)/b18-11-. The Morgan fingerprint density at radius 2 is 2.09 bits per heavy atom. The van der Waals surface area contributed by atoms with Crippen LogP contribution in [-0.2, 0) is 0 Å². The summed E-state index contributed by atoms with van der Waals surface area (Å²) in [5.74, 6) is 2.20. The first-order valence-corrected chi connectivity index (χ1v) is 7.06. The summed E-state index contributed by atoms with van der Waals surface area (Å²) in [6.45, 7) is 4.18. The van der Waals surface area contributed by atoms with E-state index >= 15 is 0 Å². The van der Waals surface area contributed by atoms with Crippen molar-refractivity contribution in [1.29, 1.82) is 0 Å². The molecule has 0 saturated carbocycles. The van der Waals surface area contributed by atoms with E-state index < -0.39 is 0 Å². The molecule has 0 bridgehead atoms. The molecule has 0 radical (unpaired) electrons. The molecule has 22 heavy (non-hydrogen) atoms. The van der Waals surface area contributed by atoms with Gasteiger partial charge in [-0.25, -0.2) is 0 Å². The summed E-state index contributed by atoms with van der Waals surface area (Å²) in [5.41, 5.74) is 3.66. The van der Waals surface area contributed by atoms with Crippen LogP contribution in [-0.4, -0.2) is 25.0 Å². The topological polar surface area (TPSA) is 58.8 Å². The molecule has 114 valence electrons. The predicted octanol–water partition coefficient (Wildman–Crippen LogP) is 2.94. The molecular weight excluding hydrogens is 298 g/mol. The van der Waals surface area contributed by atoms with Crippen molar-refractivity contribution in [3.63, 3.8) is 0 Å². The summed E-state index contributed by atoms with van der Waals surface area (Å²) >= 11 is 5.01. The minimum atomic E-state index is 0.429. The minimum Gasteiger partial charge on any atom is -0.497 e. The molecule has 0 atom stereocenters. The highest BCUT2D eigenvalue weighted by Gasteiger charge is 2.03. The van der Waals surface area contributed by atoms with Crippen molar-refractivity contribution in [3.8, 4) is 17.1 Å². The summed E-state index contributed by atoms with van der Waals surface area (Å²) < 4.78 is 10.8. The molecule has 0 fully saturated rings. The second kappa shape index (κ2) is 7.99. The number of rotatable bonds is 6. The van der Waals surface area contributed by atoms with E-state index in [1.807, 2.05) is 36.4 Å². The van der Waals surface area contributed by atoms with Crippen LogP contribution in [0.4, 0.5) is 0 Å². The number of ether oxygens (including phenoxy) is 1. The number of hydrazone groups is 1. The molecule has 0 unspecified atom stereocenters. The Kier molecular flexibility index (Phi) is 5.73. The summed E-state index contributed by atoms with van der Waals surface area (Å²) in [7, 11) is 1.64. The van der Waals surface area contributed by atoms with Crippen molar-refractivity contribution >= 4 is 23.5 Å². The molecule has 2 N–H and O–H groups in total. The Morgan fingerprint density at radius 1 is 1.32 bits per heavy atom. The summed E-state index contributed by atoms with van der Waals surface area (Å²) in [6, 6.07) is 11.4. The average molecular weight is 315 g/mol. The lowest BCUT2D eigenvalue weighted by Gasteiger charge is -2.02. The zero-order chi connectivity index (χ0) is 15.8. The van der Waals surface area contributed by atoms with Crippen LogP contribution < -0.4 is 15.5 Å². The Bertz CT molecular complexity index is 662. The quantitative estimate of drug-likeness (QED) is 0.371. The van der Waals surface area contributed by atoms with Gasteiger partial charge in [-0.2, -0.15) is 5.10 Å². The maximum absolute atomic E-state index is 5.70. The van der Waals surface area contributed by atoms with Crippen LogP contribution in [0.15, 0.2) is 58.6 Å². The van der Waals surface area contributed by atoms with Gasteiger partial charge in [0.05, 0.1) is 13.3 Å². The van der Waals surface area contributed by atoms with Crippen LogP contribution in [0.25, 0.3) is 11.3 Å². The lowest BCUT2D eigenvalue weighted by molar-refractivity contribution is 0.415. The lowest BCUT2D eigenvalue weighted by atomic mass is 10.2. The number of hydrogen-bond acceptors (Lipinski definition) is 4. The zero-order valence-corrected chi connectivity index (χ0v) is 13.0. The van der Waals surface area contributed by atoms with Crippen LogP contribution in [0.5, 0.6) is 5.75 Å². The van der Waals surface area contributed by atoms with Crippen LogP contribution >= 0.6 is 12.2 Å². The average Bonchev–Trinajstić information content (AvgIpc) is 3.02. The fraction of sp³-hybridized carbons (Fsp3) is 0.125. The summed E-state index contributed by atoms with van der Waals surface area (Å²) in [5, 5.41) is 7.34. The highest BCUT2D eigenvalue weighted by molar-refractivity contribution is 7.80. The molecule has 1 heterocycles. The Labute approximate surface area is 134 Å². The van der Waals surface area contributed by atoms with Gasteiger partial charge in [-0.3, -0.25) is 5.43 Å². The van der Waals surface area contributed by atoms with E-state index in [9.17, 15) is 0 Å². The molecular formula is C16H17N3O2S. The number of furan rings is 1. The van der Waals surface area contributed by atoms with Crippen molar-refractivity contribution in [2.24, 2.45) is 5.10 Å². The van der Waals surface area contributed by atoms with Gasteiger partial charge in [0.15, 0.2) is 5.11 Å². The highest BCUT2D eigenvalue weighted by atomic mass is 32.1. The SMILES string of the molecule is C=CCNC(=S)N/N=C\c1ccc(-c2ccc(OC)cc2)o1. The predicted molar refractivity (Wildman–Crippen MR) is 92.2 cm³/mol. The Hall–Kier alpha value is -2.60. The van der Waals surface area contributed by atoms with E-state index in [0.29, 0.717) is 17.4 Å². The van der Waals surface area contributed by atoms with Crippen molar-refractivity contribution in [1.82, 2.24) is 10.7 Å². The highest BCUT2D eigenvalue weighted by Crippen LogP contribution is 2.23. The van der Waals surface area contributed by atoms with Gasteiger partial charge in [-0.1, -0.05) is 6.08 Å². The van der Waals surface area contributed by atoms with Gasteiger partial charge in [0.2, 0.25) is 0 Å². The maximum atomic E-state index is 5.70. The first-order valence-electron chi connectivity index (χ1n) is 6.65. The van der Waals surface area contributed by atoms with Crippen LogP contribution in [0.3, 0.4) is 0 Å². The van der Waals surface area contributed by atoms with Gasteiger partial charge in [0, 0.05) is 12.1 Å². The normalized spacial score (nSPS) is 10.4. The van der Waals surface area contributed by atoms with E-state index in [2.05, 4.69) is 22.4 Å². The van der Waals surface area contributed by atoms with Gasteiger partial charge >= 0.3 is 0 Å². The second-order valence-electron chi connectivity index (χ2n) is 4.30. The Morgan fingerprint density at radius 3 is 2.77 bits per heavy atom. The van der Waals surface area contributed by atoms with Gasteiger partial charge < -0.3 is 14.5 Å². The molecule has 0 saturated heterocycles. The van der Waals surface area contributed by atoms with Crippen LogP contribution in [0, 0.1) is 0 Å². The number of hydrogen-bond donors (Lipinski definition) is 2. The third-order valence-electron chi connectivity index (χ3n) is 2.77. The molecule has 5 nitrogen and oxygen atoms in total. The van der Waals surface area contributed by atoms with Crippen molar-refractivity contribution in [3.05, 3.63) is 54.8 Å². The minimum absolute atomic E-state index is 0.429. The molecule has 6 heteroatoms. The zero-order valence-electron chi connectivity index (χ0n) is 12.2. The number of nitrogens with one attached hydrogen (secondary N) is 2. The van der Waals surface area contributed by atoms with Crippen LogP contribution in [0.1, 0.15) is 5.76 Å². The molecule has 0 spiro atoms.